The zero-order chi connectivity index (χ0) is 8.65. The maximum absolute atomic E-state index is 4.95. The summed E-state index contributed by atoms with van der Waals surface area (Å²) in [5.41, 5.74) is 2.68. The fourth-order valence-electron chi connectivity index (χ4n) is 1.05. The van der Waals surface area contributed by atoms with E-state index in [0.29, 0.717) is 0 Å². The lowest BCUT2D eigenvalue weighted by Crippen LogP contribution is -1.93. The van der Waals surface area contributed by atoms with Gasteiger partial charge in [-0.2, -0.15) is 0 Å². The second-order valence-corrected chi connectivity index (χ2v) is 2.75. The van der Waals surface area contributed by atoms with Gasteiger partial charge < -0.3 is 4.74 Å². The number of aryl methyl sites for hydroxylation is 1. The summed E-state index contributed by atoms with van der Waals surface area (Å²) in [6.07, 6.45) is 2.08. The fourth-order valence-corrected chi connectivity index (χ4v) is 1.15. The molecule has 0 bridgehead atoms. The minimum Gasteiger partial charge on any atom is -0.490 e. The Morgan fingerprint density at radius 3 is 2.67 bits per heavy atom. The van der Waals surface area contributed by atoms with Crippen molar-refractivity contribution in [1.82, 2.24) is 0 Å². The van der Waals surface area contributed by atoms with Gasteiger partial charge in [0.2, 0.25) is 0 Å². The lowest BCUT2D eigenvalue weighted by atomic mass is 10.1. The number of ether oxygens (including phenoxy) is 1. The van der Waals surface area contributed by atoms with Crippen molar-refractivity contribution in [2.45, 2.75) is 12.8 Å². The number of thiocarbonyl (C=S) groups is 1. The van der Waals surface area contributed by atoms with Crippen LogP contribution in [0.25, 0.3) is 0 Å². The molecule has 64 valence electrons. The van der Waals surface area contributed by atoms with Crippen LogP contribution in [0.4, 0.5) is 0 Å². The van der Waals surface area contributed by atoms with Crippen LogP contribution >= 0.6 is 12.2 Å². The first kappa shape index (κ1) is 9.20. The van der Waals surface area contributed by atoms with Crippen LogP contribution in [0, 0.1) is 0 Å². The fraction of sp³-hybridized carbons (Fsp3) is 0.300. The molecule has 2 heteroatoms. The molecule has 0 unspecified atom stereocenters. The van der Waals surface area contributed by atoms with Crippen LogP contribution in [0.1, 0.15) is 12.0 Å². The smallest absolute Gasteiger partial charge is 0.146 e. The summed E-state index contributed by atoms with van der Waals surface area (Å²) < 4.78 is 4.95. The predicted molar refractivity (Wildman–Crippen MR) is 54.4 cm³/mol. The number of hydrogen-bond donors (Lipinski definition) is 0. The molecule has 0 fully saturated rings. The van der Waals surface area contributed by atoms with Crippen molar-refractivity contribution in [2.75, 3.05) is 6.61 Å². The summed E-state index contributed by atoms with van der Waals surface area (Å²) in [6.45, 7) is 0.721. The first-order valence-corrected chi connectivity index (χ1v) is 4.50. The highest BCUT2D eigenvalue weighted by Crippen LogP contribution is 2.01. The van der Waals surface area contributed by atoms with E-state index in [4.69, 9.17) is 4.74 Å². The summed E-state index contributed by atoms with van der Waals surface area (Å²) in [5, 5.41) is 0. The van der Waals surface area contributed by atoms with E-state index in [1.54, 1.807) is 0 Å². The molecule has 1 nitrogen and oxygen atoms in total. The van der Waals surface area contributed by atoms with E-state index in [1.807, 2.05) is 6.07 Å². The van der Waals surface area contributed by atoms with Gasteiger partial charge in [-0.1, -0.05) is 30.3 Å². The zero-order valence-electron chi connectivity index (χ0n) is 6.90. The zero-order valence-corrected chi connectivity index (χ0v) is 7.72. The molecule has 0 saturated carbocycles. The van der Waals surface area contributed by atoms with Crippen LogP contribution < -0.4 is 0 Å². The molecule has 0 amide bonds. The van der Waals surface area contributed by atoms with Crippen molar-refractivity contribution < 1.29 is 4.74 Å². The summed E-state index contributed by atoms with van der Waals surface area (Å²) in [7, 11) is 0. The SMILES string of the molecule is S=COCCCc1ccccc1. The Labute approximate surface area is 78.4 Å². The summed E-state index contributed by atoms with van der Waals surface area (Å²) in [6, 6.07) is 10.4. The van der Waals surface area contributed by atoms with E-state index in [1.165, 1.54) is 11.1 Å². The highest BCUT2D eigenvalue weighted by molar-refractivity contribution is 7.78. The van der Waals surface area contributed by atoms with Gasteiger partial charge in [-0.15, -0.1) is 0 Å². The lowest BCUT2D eigenvalue weighted by molar-refractivity contribution is 0.320. The van der Waals surface area contributed by atoms with Gasteiger partial charge in [0.05, 0.1) is 6.61 Å². The van der Waals surface area contributed by atoms with Crippen molar-refractivity contribution in [3.05, 3.63) is 35.9 Å². The largest absolute Gasteiger partial charge is 0.490 e. The molecule has 0 aromatic heterocycles. The normalized spacial score (nSPS) is 9.33. The maximum atomic E-state index is 4.95. The standard InChI is InChI=1S/C10H12OS/c12-9-11-8-4-7-10-5-2-1-3-6-10/h1-3,5-6,9H,4,7-8H2. The molecule has 0 aliphatic heterocycles. The molecule has 0 N–H and O–H groups in total. The van der Waals surface area contributed by atoms with Crippen LogP contribution in [0.15, 0.2) is 30.3 Å². The third kappa shape index (κ3) is 3.49. The molecule has 0 aliphatic rings. The summed E-state index contributed by atoms with van der Waals surface area (Å²) >= 11 is 4.53. The third-order valence-corrected chi connectivity index (χ3v) is 1.77. The van der Waals surface area contributed by atoms with Crippen LogP contribution in [0.2, 0.25) is 0 Å². The molecular formula is C10H12OS. The summed E-state index contributed by atoms with van der Waals surface area (Å²) in [4.78, 5) is 0. The molecule has 0 heterocycles. The van der Waals surface area contributed by atoms with Crippen molar-refractivity contribution in [2.24, 2.45) is 0 Å². The first-order valence-electron chi connectivity index (χ1n) is 4.02. The van der Waals surface area contributed by atoms with Gasteiger partial charge in [-0.3, -0.25) is 0 Å². The highest BCUT2D eigenvalue weighted by Gasteiger charge is 1.90. The molecule has 0 spiro atoms. The Morgan fingerprint density at radius 1 is 1.25 bits per heavy atom. The van der Waals surface area contributed by atoms with Crippen molar-refractivity contribution in [1.29, 1.82) is 0 Å². The van der Waals surface area contributed by atoms with Gasteiger partial charge in [0.1, 0.15) is 5.55 Å². The molecule has 0 atom stereocenters. The van der Waals surface area contributed by atoms with Gasteiger partial charge in [0, 0.05) is 0 Å². The Kier molecular flexibility index (Phi) is 4.39. The Hall–Kier alpha value is -0.890. The van der Waals surface area contributed by atoms with Gasteiger partial charge in [-0.05, 0) is 30.6 Å². The van der Waals surface area contributed by atoms with E-state index < -0.39 is 0 Å². The molecule has 1 aromatic carbocycles. The van der Waals surface area contributed by atoms with Crippen LogP contribution in [-0.4, -0.2) is 12.2 Å². The maximum Gasteiger partial charge on any atom is 0.146 e. The molecule has 0 aliphatic carbocycles. The Bertz CT molecular complexity index is 221. The van der Waals surface area contributed by atoms with E-state index in [9.17, 15) is 0 Å². The quantitative estimate of drug-likeness (QED) is 0.509. The first-order chi connectivity index (χ1) is 5.93. The number of benzene rings is 1. The van der Waals surface area contributed by atoms with E-state index in [-0.39, 0.29) is 0 Å². The third-order valence-electron chi connectivity index (χ3n) is 1.64. The van der Waals surface area contributed by atoms with Crippen molar-refractivity contribution in [3.63, 3.8) is 0 Å². The van der Waals surface area contributed by atoms with Crippen molar-refractivity contribution in [3.8, 4) is 0 Å². The van der Waals surface area contributed by atoms with Gasteiger partial charge in [0.15, 0.2) is 0 Å². The minimum atomic E-state index is 0.721. The minimum absolute atomic E-state index is 0.721. The second kappa shape index (κ2) is 5.72. The molecule has 0 saturated heterocycles. The lowest BCUT2D eigenvalue weighted by Gasteiger charge is -1.99. The molecule has 1 aromatic rings. The predicted octanol–water partition coefficient (Wildman–Crippen LogP) is 2.59. The Morgan fingerprint density at radius 2 is 2.00 bits per heavy atom. The van der Waals surface area contributed by atoms with E-state index in [0.717, 1.165) is 19.4 Å². The Balaban J connectivity index is 2.20. The van der Waals surface area contributed by atoms with Gasteiger partial charge in [0.25, 0.3) is 0 Å². The molecule has 0 radical (unpaired) electrons. The van der Waals surface area contributed by atoms with Crippen molar-refractivity contribution >= 4 is 17.8 Å². The average molecular weight is 180 g/mol. The van der Waals surface area contributed by atoms with Crippen LogP contribution in [0.5, 0.6) is 0 Å². The summed E-state index contributed by atoms with van der Waals surface area (Å²) in [5.74, 6) is 0. The number of rotatable bonds is 5. The number of hydrogen-bond acceptors (Lipinski definition) is 2. The molecule has 1 rings (SSSR count). The molecule has 12 heavy (non-hydrogen) atoms. The van der Waals surface area contributed by atoms with Gasteiger partial charge >= 0.3 is 0 Å². The van der Waals surface area contributed by atoms with E-state index >= 15 is 0 Å². The highest BCUT2D eigenvalue weighted by atomic mass is 32.1. The molecular weight excluding hydrogens is 168 g/mol. The topological polar surface area (TPSA) is 9.23 Å². The van der Waals surface area contributed by atoms with Crippen LogP contribution in [-0.2, 0) is 11.2 Å². The van der Waals surface area contributed by atoms with Gasteiger partial charge in [-0.25, -0.2) is 0 Å². The second-order valence-electron chi connectivity index (χ2n) is 2.56. The monoisotopic (exact) mass is 180 g/mol. The van der Waals surface area contributed by atoms with E-state index in [2.05, 4.69) is 36.5 Å². The van der Waals surface area contributed by atoms with Crippen LogP contribution in [0.3, 0.4) is 0 Å². The average Bonchev–Trinajstić information content (AvgIpc) is 2.14.